The van der Waals surface area contributed by atoms with Crippen LogP contribution in [0.25, 0.3) is 0 Å². The van der Waals surface area contributed by atoms with Crippen molar-refractivity contribution in [2.75, 3.05) is 5.75 Å². The standard InChI is InChI=1S/C8H15NO4S2/c1-5(2)15(12,13)9-6(3)14-4-7(9)8(10)11/h5-7H,4H2,1-3H3,(H,10,11). The van der Waals surface area contributed by atoms with E-state index in [1.54, 1.807) is 20.8 Å². The predicted octanol–water partition coefficient (Wildman–Crippen LogP) is 0.573. The molecule has 0 radical (unpaired) electrons. The van der Waals surface area contributed by atoms with E-state index in [9.17, 15) is 13.2 Å². The van der Waals surface area contributed by atoms with Crippen LogP contribution in [0.2, 0.25) is 0 Å². The van der Waals surface area contributed by atoms with E-state index >= 15 is 0 Å². The Kier molecular flexibility index (Phi) is 3.67. The number of aliphatic carboxylic acids is 1. The predicted molar refractivity (Wildman–Crippen MR) is 59.2 cm³/mol. The summed E-state index contributed by atoms with van der Waals surface area (Å²) in [6.07, 6.45) is 0. The highest BCUT2D eigenvalue weighted by atomic mass is 32.2. The zero-order chi connectivity index (χ0) is 11.8. The molecule has 0 bridgehead atoms. The van der Waals surface area contributed by atoms with Crippen molar-refractivity contribution < 1.29 is 18.3 Å². The molecule has 0 aliphatic carbocycles. The number of thioether (sulfide) groups is 1. The average Bonchev–Trinajstić information content (AvgIpc) is 2.47. The van der Waals surface area contributed by atoms with Gasteiger partial charge in [-0.05, 0) is 20.8 Å². The maximum absolute atomic E-state index is 11.9. The van der Waals surface area contributed by atoms with Gasteiger partial charge >= 0.3 is 5.97 Å². The SMILES string of the molecule is CC1SCC(C(=O)O)N1S(=O)(=O)C(C)C. The Bertz CT molecular complexity index is 352. The Labute approximate surface area is 93.9 Å². The Morgan fingerprint density at radius 3 is 2.47 bits per heavy atom. The summed E-state index contributed by atoms with van der Waals surface area (Å²) in [5, 5.41) is 8.05. The van der Waals surface area contributed by atoms with Crippen molar-refractivity contribution in [1.82, 2.24) is 4.31 Å². The zero-order valence-electron chi connectivity index (χ0n) is 8.87. The van der Waals surface area contributed by atoms with E-state index in [1.807, 2.05) is 0 Å². The van der Waals surface area contributed by atoms with E-state index in [0.717, 1.165) is 4.31 Å². The fourth-order valence-corrected chi connectivity index (χ4v) is 4.55. The van der Waals surface area contributed by atoms with Crippen LogP contribution in [0.3, 0.4) is 0 Å². The number of nitrogens with zero attached hydrogens (tertiary/aromatic N) is 1. The molecule has 0 saturated carbocycles. The number of hydrogen-bond donors (Lipinski definition) is 1. The maximum Gasteiger partial charge on any atom is 0.322 e. The maximum atomic E-state index is 11.9. The highest BCUT2D eigenvalue weighted by molar-refractivity contribution is 8.01. The molecule has 7 heteroatoms. The molecule has 1 fully saturated rings. The lowest BCUT2D eigenvalue weighted by Gasteiger charge is -2.26. The first-order valence-electron chi connectivity index (χ1n) is 4.65. The smallest absolute Gasteiger partial charge is 0.322 e. The molecule has 0 amide bonds. The average molecular weight is 253 g/mol. The molecule has 1 saturated heterocycles. The Balaban J connectivity index is 3.05. The molecule has 1 aliphatic rings. The van der Waals surface area contributed by atoms with Gasteiger partial charge in [-0.1, -0.05) is 0 Å². The lowest BCUT2D eigenvalue weighted by atomic mass is 10.3. The topological polar surface area (TPSA) is 74.7 Å². The van der Waals surface area contributed by atoms with Gasteiger partial charge in [0.1, 0.15) is 6.04 Å². The molecule has 0 aromatic heterocycles. The second-order valence-corrected chi connectivity index (χ2v) is 7.45. The molecule has 1 aliphatic heterocycles. The van der Waals surface area contributed by atoms with Gasteiger partial charge in [-0.15, -0.1) is 11.8 Å². The van der Waals surface area contributed by atoms with E-state index in [4.69, 9.17) is 5.11 Å². The first kappa shape index (κ1) is 12.8. The van der Waals surface area contributed by atoms with Crippen LogP contribution in [0.1, 0.15) is 20.8 Å². The van der Waals surface area contributed by atoms with Gasteiger partial charge < -0.3 is 5.11 Å². The van der Waals surface area contributed by atoms with Crippen molar-refractivity contribution in [3.63, 3.8) is 0 Å². The highest BCUT2D eigenvalue weighted by Crippen LogP contribution is 2.32. The van der Waals surface area contributed by atoms with Crippen molar-refractivity contribution in [2.24, 2.45) is 0 Å². The summed E-state index contributed by atoms with van der Waals surface area (Å²) in [7, 11) is -3.49. The number of sulfonamides is 1. The van der Waals surface area contributed by atoms with Crippen molar-refractivity contribution in [2.45, 2.75) is 37.4 Å². The third kappa shape index (κ3) is 2.29. The quantitative estimate of drug-likeness (QED) is 0.796. The van der Waals surface area contributed by atoms with Crippen LogP contribution < -0.4 is 0 Å². The second-order valence-electron chi connectivity index (χ2n) is 3.71. The van der Waals surface area contributed by atoms with Gasteiger partial charge in [0.05, 0.1) is 10.6 Å². The van der Waals surface area contributed by atoms with E-state index in [1.165, 1.54) is 11.8 Å². The summed E-state index contributed by atoms with van der Waals surface area (Å²) in [5.74, 6) is -0.751. The Hall–Kier alpha value is -0.270. The molecular formula is C8H15NO4S2. The van der Waals surface area contributed by atoms with Gasteiger partial charge in [-0.3, -0.25) is 4.79 Å². The normalized spacial score (nSPS) is 28.5. The summed E-state index contributed by atoms with van der Waals surface area (Å²) >= 11 is 1.35. The third-order valence-electron chi connectivity index (χ3n) is 2.34. The van der Waals surface area contributed by atoms with Gasteiger partial charge in [-0.25, -0.2) is 8.42 Å². The summed E-state index contributed by atoms with van der Waals surface area (Å²) in [4.78, 5) is 10.9. The number of hydrogen-bond acceptors (Lipinski definition) is 4. The van der Waals surface area contributed by atoms with Crippen LogP contribution in [0.5, 0.6) is 0 Å². The number of rotatable bonds is 3. The molecule has 88 valence electrons. The van der Waals surface area contributed by atoms with Crippen LogP contribution in [0, 0.1) is 0 Å². The van der Waals surface area contributed by atoms with Gasteiger partial charge in [0.2, 0.25) is 10.0 Å². The summed E-state index contributed by atoms with van der Waals surface area (Å²) in [6.45, 7) is 4.83. The molecule has 0 aromatic rings. The molecule has 2 atom stereocenters. The van der Waals surface area contributed by atoms with Crippen LogP contribution in [0.15, 0.2) is 0 Å². The summed E-state index contributed by atoms with van der Waals surface area (Å²) < 4.78 is 24.9. The summed E-state index contributed by atoms with van der Waals surface area (Å²) in [5.41, 5.74) is 0. The molecule has 5 nitrogen and oxygen atoms in total. The van der Waals surface area contributed by atoms with Crippen LogP contribution in [-0.2, 0) is 14.8 Å². The minimum absolute atomic E-state index is 0.293. The molecule has 1 rings (SSSR count). The number of carbonyl (C=O) groups is 1. The van der Waals surface area contributed by atoms with Crippen LogP contribution in [-0.4, -0.2) is 46.2 Å². The van der Waals surface area contributed by atoms with Gasteiger partial charge in [0.25, 0.3) is 0 Å². The van der Waals surface area contributed by atoms with E-state index in [-0.39, 0.29) is 5.37 Å². The molecule has 15 heavy (non-hydrogen) atoms. The van der Waals surface area contributed by atoms with Crippen molar-refractivity contribution in [3.05, 3.63) is 0 Å². The fourth-order valence-electron chi connectivity index (χ4n) is 1.44. The monoisotopic (exact) mass is 253 g/mol. The van der Waals surface area contributed by atoms with E-state index < -0.39 is 27.3 Å². The molecule has 2 unspecified atom stereocenters. The van der Waals surface area contributed by atoms with E-state index in [2.05, 4.69) is 0 Å². The van der Waals surface area contributed by atoms with E-state index in [0.29, 0.717) is 5.75 Å². The van der Waals surface area contributed by atoms with Crippen molar-refractivity contribution >= 4 is 27.8 Å². The van der Waals surface area contributed by atoms with Crippen LogP contribution in [0.4, 0.5) is 0 Å². The number of carboxylic acid groups (broad SMARTS) is 1. The molecule has 0 aromatic carbocycles. The highest BCUT2D eigenvalue weighted by Gasteiger charge is 2.44. The third-order valence-corrected chi connectivity index (χ3v) is 6.04. The molecule has 0 spiro atoms. The lowest BCUT2D eigenvalue weighted by molar-refractivity contribution is -0.140. The summed E-state index contributed by atoms with van der Waals surface area (Å²) in [6, 6.07) is -0.919. The van der Waals surface area contributed by atoms with Crippen molar-refractivity contribution in [3.8, 4) is 0 Å². The first-order valence-corrected chi connectivity index (χ1v) is 7.20. The number of carboxylic acids is 1. The van der Waals surface area contributed by atoms with Gasteiger partial charge in [-0.2, -0.15) is 4.31 Å². The Morgan fingerprint density at radius 2 is 2.07 bits per heavy atom. The largest absolute Gasteiger partial charge is 0.480 e. The minimum atomic E-state index is -3.49. The fraction of sp³-hybridized carbons (Fsp3) is 0.875. The minimum Gasteiger partial charge on any atom is -0.480 e. The zero-order valence-corrected chi connectivity index (χ0v) is 10.5. The van der Waals surface area contributed by atoms with Gasteiger partial charge in [0, 0.05) is 5.75 Å². The molecule has 1 heterocycles. The lowest BCUT2D eigenvalue weighted by Crippen LogP contribution is -2.47. The second kappa shape index (κ2) is 4.31. The first-order chi connectivity index (χ1) is 6.78. The van der Waals surface area contributed by atoms with Crippen LogP contribution >= 0.6 is 11.8 Å². The molecule has 1 N–H and O–H groups in total. The van der Waals surface area contributed by atoms with Crippen molar-refractivity contribution in [1.29, 1.82) is 0 Å². The Morgan fingerprint density at radius 1 is 1.53 bits per heavy atom. The van der Waals surface area contributed by atoms with Gasteiger partial charge in [0.15, 0.2) is 0 Å². The molecular weight excluding hydrogens is 238 g/mol.